The first kappa shape index (κ1) is 15.4. The molecule has 0 aromatic rings. The molecule has 0 aliphatic rings. The molecular formula is C15H28O. The Morgan fingerprint density at radius 2 is 1.69 bits per heavy atom. The van der Waals surface area contributed by atoms with Gasteiger partial charge in [-0.05, 0) is 25.8 Å². The first-order chi connectivity index (χ1) is 7.76. The lowest BCUT2D eigenvalue weighted by Crippen LogP contribution is -2.10. The minimum absolute atomic E-state index is 0.266. The lowest BCUT2D eigenvalue weighted by Gasteiger charge is -2.10. The van der Waals surface area contributed by atoms with Crippen molar-refractivity contribution in [3.8, 4) is 0 Å². The Morgan fingerprint density at radius 3 is 2.25 bits per heavy atom. The molecule has 0 N–H and O–H groups in total. The zero-order valence-corrected chi connectivity index (χ0v) is 11.3. The average molecular weight is 224 g/mol. The van der Waals surface area contributed by atoms with Gasteiger partial charge >= 0.3 is 0 Å². The quantitative estimate of drug-likeness (QED) is 0.381. The van der Waals surface area contributed by atoms with E-state index in [2.05, 4.69) is 13.8 Å². The third-order valence-electron chi connectivity index (χ3n) is 3.13. The van der Waals surface area contributed by atoms with Crippen LogP contribution in [0.1, 0.15) is 72.1 Å². The maximum atomic E-state index is 11.7. The van der Waals surface area contributed by atoms with Crippen molar-refractivity contribution in [3.05, 3.63) is 12.2 Å². The van der Waals surface area contributed by atoms with E-state index < -0.39 is 0 Å². The fraction of sp³-hybridized carbons (Fsp3) is 0.800. The third kappa shape index (κ3) is 7.67. The van der Waals surface area contributed by atoms with Crippen molar-refractivity contribution in [2.45, 2.75) is 72.1 Å². The summed E-state index contributed by atoms with van der Waals surface area (Å²) in [6, 6.07) is 0. The van der Waals surface area contributed by atoms with Crippen molar-refractivity contribution in [1.82, 2.24) is 0 Å². The average Bonchev–Trinajstić information content (AvgIpc) is 2.28. The predicted molar refractivity (Wildman–Crippen MR) is 71.6 cm³/mol. The SMILES string of the molecule is C/C=C/C(=O)C(CC)CCCCCCCC. The molecule has 0 saturated carbocycles. The summed E-state index contributed by atoms with van der Waals surface area (Å²) >= 11 is 0. The van der Waals surface area contributed by atoms with Gasteiger partial charge in [0.15, 0.2) is 5.78 Å². The van der Waals surface area contributed by atoms with Crippen molar-refractivity contribution >= 4 is 5.78 Å². The summed E-state index contributed by atoms with van der Waals surface area (Å²) in [6.45, 7) is 6.27. The summed E-state index contributed by atoms with van der Waals surface area (Å²) < 4.78 is 0. The minimum atomic E-state index is 0.266. The maximum Gasteiger partial charge on any atom is 0.158 e. The Labute approximate surface area is 101 Å². The molecular weight excluding hydrogens is 196 g/mol. The summed E-state index contributed by atoms with van der Waals surface area (Å²) in [4.78, 5) is 11.7. The number of allylic oxidation sites excluding steroid dienone is 2. The lowest BCUT2D eigenvalue weighted by molar-refractivity contribution is -0.118. The molecule has 1 atom stereocenters. The molecule has 0 aliphatic carbocycles. The van der Waals surface area contributed by atoms with Gasteiger partial charge in [-0.25, -0.2) is 0 Å². The standard InChI is InChI=1S/C15H28O/c1-4-7-8-9-10-11-13-14(6-3)15(16)12-5-2/h5,12,14H,4,6-11,13H2,1-3H3/b12-5+. The van der Waals surface area contributed by atoms with E-state index in [1.54, 1.807) is 6.08 Å². The van der Waals surface area contributed by atoms with E-state index in [-0.39, 0.29) is 5.92 Å². The number of carbonyl (C=O) groups is 1. The molecule has 0 fully saturated rings. The summed E-state index contributed by atoms with van der Waals surface area (Å²) in [6.07, 6.45) is 13.5. The summed E-state index contributed by atoms with van der Waals surface area (Å²) in [5.41, 5.74) is 0. The van der Waals surface area contributed by atoms with Crippen molar-refractivity contribution in [2.24, 2.45) is 5.92 Å². The van der Waals surface area contributed by atoms with Crippen LogP contribution in [0.3, 0.4) is 0 Å². The second-order valence-corrected chi connectivity index (χ2v) is 4.56. The zero-order valence-electron chi connectivity index (χ0n) is 11.3. The molecule has 0 saturated heterocycles. The van der Waals surface area contributed by atoms with Gasteiger partial charge in [0.2, 0.25) is 0 Å². The Hall–Kier alpha value is -0.590. The Morgan fingerprint density at radius 1 is 1.06 bits per heavy atom. The monoisotopic (exact) mass is 224 g/mol. The van der Waals surface area contributed by atoms with Crippen LogP contribution < -0.4 is 0 Å². The molecule has 0 aromatic heterocycles. The molecule has 0 amide bonds. The molecule has 16 heavy (non-hydrogen) atoms. The van der Waals surface area contributed by atoms with Crippen LogP contribution in [0.25, 0.3) is 0 Å². The molecule has 0 aliphatic heterocycles. The Kier molecular flexibility index (Phi) is 10.5. The lowest BCUT2D eigenvalue weighted by atomic mass is 9.93. The van der Waals surface area contributed by atoms with Crippen LogP contribution >= 0.6 is 0 Å². The van der Waals surface area contributed by atoms with Gasteiger partial charge in [-0.2, -0.15) is 0 Å². The van der Waals surface area contributed by atoms with Crippen LogP contribution in [0.15, 0.2) is 12.2 Å². The summed E-state index contributed by atoms with van der Waals surface area (Å²) in [5, 5.41) is 0. The van der Waals surface area contributed by atoms with Crippen molar-refractivity contribution in [2.75, 3.05) is 0 Å². The molecule has 0 aromatic carbocycles. The highest BCUT2D eigenvalue weighted by atomic mass is 16.1. The van der Waals surface area contributed by atoms with Crippen LogP contribution in [0.4, 0.5) is 0 Å². The fourth-order valence-electron chi connectivity index (χ4n) is 2.02. The molecule has 0 heterocycles. The van der Waals surface area contributed by atoms with Crippen LogP contribution in [0, 0.1) is 5.92 Å². The number of ketones is 1. The minimum Gasteiger partial charge on any atom is -0.295 e. The van der Waals surface area contributed by atoms with Gasteiger partial charge in [0.25, 0.3) is 0 Å². The van der Waals surface area contributed by atoms with Crippen molar-refractivity contribution in [1.29, 1.82) is 0 Å². The van der Waals surface area contributed by atoms with Crippen LogP contribution in [-0.2, 0) is 4.79 Å². The van der Waals surface area contributed by atoms with Gasteiger partial charge in [0.1, 0.15) is 0 Å². The van der Waals surface area contributed by atoms with E-state index in [0.717, 1.165) is 12.8 Å². The molecule has 0 bridgehead atoms. The molecule has 0 spiro atoms. The maximum absolute atomic E-state index is 11.7. The fourth-order valence-corrected chi connectivity index (χ4v) is 2.02. The molecule has 1 nitrogen and oxygen atoms in total. The second kappa shape index (κ2) is 10.9. The van der Waals surface area contributed by atoms with Gasteiger partial charge in [-0.15, -0.1) is 0 Å². The van der Waals surface area contributed by atoms with Gasteiger partial charge in [-0.1, -0.05) is 58.4 Å². The highest BCUT2D eigenvalue weighted by Crippen LogP contribution is 2.16. The Balaban J connectivity index is 3.59. The predicted octanol–water partition coefficient (Wildman–Crippen LogP) is 4.91. The van der Waals surface area contributed by atoms with E-state index in [9.17, 15) is 4.79 Å². The number of hydrogen-bond acceptors (Lipinski definition) is 1. The first-order valence-electron chi connectivity index (χ1n) is 6.92. The Bertz CT molecular complexity index is 194. The topological polar surface area (TPSA) is 17.1 Å². The van der Waals surface area contributed by atoms with Gasteiger partial charge in [0.05, 0.1) is 0 Å². The third-order valence-corrected chi connectivity index (χ3v) is 3.13. The van der Waals surface area contributed by atoms with E-state index in [4.69, 9.17) is 0 Å². The van der Waals surface area contributed by atoms with E-state index in [1.165, 1.54) is 38.5 Å². The summed E-state index contributed by atoms with van der Waals surface area (Å²) in [5.74, 6) is 0.584. The highest BCUT2D eigenvalue weighted by Gasteiger charge is 2.12. The normalized spacial score (nSPS) is 13.2. The van der Waals surface area contributed by atoms with Crippen LogP contribution in [-0.4, -0.2) is 5.78 Å². The molecule has 1 unspecified atom stereocenters. The molecule has 0 rings (SSSR count). The van der Waals surface area contributed by atoms with Gasteiger partial charge < -0.3 is 0 Å². The smallest absolute Gasteiger partial charge is 0.158 e. The van der Waals surface area contributed by atoms with E-state index >= 15 is 0 Å². The first-order valence-corrected chi connectivity index (χ1v) is 6.92. The molecule has 0 radical (unpaired) electrons. The van der Waals surface area contributed by atoms with Crippen molar-refractivity contribution in [3.63, 3.8) is 0 Å². The number of unbranched alkanes of at least 4 members (excludes halogenated alkanes) is 5. The number of rotatable bonds is 10. The second-order valence-electron chi connectivity index (χ2n) is 4.56. The van der Waals surface area contributed by atoms with Crippen LogP contribution in [0.5, 0.6) is 0 Å². The van der Waals surface area contributed by atoms with E-state index in [0.29, 0.717) is 5.78 Å². The van der Waals surface area contributed by atoms with E-state index in [1.807, 2.05) is 13.0 Å². The molecule has 1 heteroatoms. The van der Waals surface area contributed by atoms with Gasteiger partial charge in [-0.3, -0.25) is 4.79 Å². The zero-order chi connectivity index (χ0) is 12.2. The summed E-state index contributed by atoms with van der Waals surface area (Å²) in [7, 11) is 0. The number of hydrogen-bond donors (Lipinski definition) is 0. The van der Waals surface area contributed by atoms with Gasteiger partial charge in [0, 0.05) is 5.92 Å². The van der Waals surface area contributed by atoms with Crippen molar-refractivity contribution < 1.29 is 4.79 Å². The molecule has 94 valence electrons. The largest absolute Gasteiger partial charge is 0.295 e. The highest BCUT2D eigenvalue weighted by molar-refractivity contribution is 5.91. The van der Waals surface area contributed by atoms with Crippen LogP contribution in [0.2, 0.25) is 0 Å². The number of carbonyl (C=O) groups excluding carboxylic acids is 1.